The van der Waals surface area contributed by atoms with E-state index >= 15 is 0 Å². The van der Waals surface area contributed by atoms with Crippen molar-refractivity contribution in [2.75, 3.05) is 6.61 Å². The second-order valence-corrected chi connectivity index (χ2v) is 9.25. The summed E-state index contributed by atoms with van der Waals surface area (Å²) in [7, 11) is 0. The monoisotopic (exact) mass is 567 g/mol. The molecule has 2 aromatic carbocycles. The van der Waals surface area contributed by atoms with E-state index in [9.17, 15) is 26.3 Å². The molecule has 15 heteroatoms. The number of alkyl halides is 3. The third-order valence-electron chi connectivity index (χ3n) is 6.65. The van der Waals surface area contributed by atoms with E-state index in [0.29, 0.717) is 6.42 Å². The number of hydrogen-bond acceptors (Lipinski definition) is 8. The largest absolute Gasteiger partial charge is 0.470 e. The van der Waals surface area contributed by atoms with Gasteiger partial charge in [0.05, 0.1) is 24.9 Å². The van der Waals surface area contributed by atoms with E-state index in [-0.39, 0.29) is 30.2 Å². The minimum Gasteiger partial charge on any atom is -0.415 e. The molecule has 9 nitrogen and oxygen atoms in total. The quantitative estimate of drug-likeness (QED) is 0.241. The van der Waals surface area contributed by atoms with Crippen molar-refractivity contribution in [1.29, 1.82) is 0 Å². The summed E-state index contributed by atoms with van der Waals surface area (Å²) in [6.45, 7) is 0.203. The number of aromatic nitrogens is 5. The first kappa shape index (κ1) is 26.4. The van der Waals surface area contributed by atoms with E-state index in [0.717, 1.165) is 17.7 Å². The van der Waals surface area contributed by atoms with Gasteiger partial charge in [0.2, 0.25) is 5.89 Å². The molecule has 5 atom stereocenters. The van der Waals surface area contributed by atoms with Crippen LogP contribution in [-0.2, 0) is 20.4 Å². The normalized spacial score (nSPS) is 25.4. The highest BCUT2D eigenvalue weighted by Crippen LogP contribution is 2.44. The summed E-state index contributed by atoms with van der Waals surface area (Å²) < 4.78 is 105. The third kappa shape index (κ3) is 5.07. The van der Waals surface area contributed by atoms with Crippen LogP contribution in [0.15, 0.2) is 53.1 Å². The second kappa shape index (κ2) is 10.3. The van der Waals surface area contributed by atoms with Gasteiger partial charge in [-0.15, -0.1) is 15.3 Å². The smallest absolute Gasteiger partial charge is 0.415 e. The lowest BCUT2D eigenvalue weighted by molar-refractivity contribution is -0.217. The van der Waals surface area contributed by atoms with Crippen molar-refractivity contribution >= 4 is 0 Å². The maximum atomic E-state index is 13.9. The lowest BCUT2D eigenvalue weighted by atomic mass is 9.93. The van der Waals surface area contributed by atoms with Crippen LogP contribution in [0.1, 0.15) is 48.6 Å². The first-order chi connectivity index (χ1) is 19.2. The molecule has 4 heterocycles. The molecule has 210 valence electrons. The molecule has 4 aromatic rings. The van der Waals surface area contributed by atoms with Crippen LogP contribution < -0.4 is 0 Å². The molecule has 0 N–H and O–H groups in total. The minimum atomic E-state index is -4.84. The molecule has 2 aliphatic heterocycles. The summed E-state index contributed by atoms with van der Waals surface area (Å²) in [6, 6.07) is 9.92. The van der Waals surface area contributed by atoms with Gasteiger partial charge in [0.25, 0.3) is 0 Å². The highest BCUT2D eigenvalue weighted by molar-refractivity contribution is 5.57. The Bertz CT molecular complexity index is 1470. The maximum absolute atomic E-state index is 13.9. The Morgan fingerprint density at radius 3 is 2.38 bits per heavy atom. The van der Waals surface area contributed by atoms with Gasteiger partial charge in [-0.25, -0.2) is 17.9 Å². The molecule has 40 heavy (non-hydrogen) atoms. The van der Waals surface area contributed by atoms with E-state index in [1.807, 2.05) is 30.3 Å². The van der Waals surface area contributed by atoms with Gasteiger partial charge in [-0.3, -0.25) is 0 Å². The molecule has 0 radical (unpaired) electrons. The van der Waals surface area contributed by atoms with Gasteiger partial charge in [-0.2, -0.15) is 13.2 Å². The molecule has 0 unspecified atom stereocenters. The molecule has 0 bridgehead atoms. The zero-order valence-electron chi connectivity index (χ0n) is 20.3. The predicted octanol–water partition coefficient (Wildman–Crippen LogP) is 5.34. The van der Waals surface area contributed by atoms with Gasteiger partial charge in [-0.1, -0.05) is 35.5 Å². The van der Waals surface area contributed by atoms with Gasteiger partial charge in [0, 0.05) is 17.5 Å². The van der Waals surface area contributed by atoms with E-state index < -0.39 is 60.2 Å². The summed E-state index contributed by atoms with van der Waals surface area (Å²) in [6.07, 6.45) is -6.50. The van der Waals surface area contributed by atoms with Crippen LogP contribution in [0.4, 0.5) is 26.3 Å². The lowest BCUT2D eigenvalue weighted by Gasteiger charge is -2.40. The van der Waals surface area contributed by atoms with E-state index in [4.69, 9.17) is 18.6 Å². The van der Waals surface area contributed by atoms with Gasteiger partial charge >= 0.3 is 12.1 Å². The van der Waals surface area contributed by atoms with Gasteiger partial charge in [0.15, 0.2) is 23.7 Å². The zero-order chi connectivity index (χ0) is 28.0. The van der Waals surface area contributed by atoms with Crippen LogP contribution in [-0.4, -0.2) is 44.0 Å². The van der Waals surface area contributed by atoms with Gasteiger partial charge < -0.3 is 18.6 Å². The Morgan fingerprint density at radius 1 is 0.925 bits per heavy atom. The summed E-state index contributed by atoms with van der Waals surface area (Å²) in [5.41, 5.74) is 0.688. The second-order valence-electron chi connectivity index (χ2n) is 9.25. The summed E-state index contributed by atoms with van der Waals surface area (Å²) in [5.74, 6) is -6.32. The number of rotatable bonds is 4. The Kier molecular flexibility index (Phi) is 6.80. The van der Waals surface area contributed by atoms with Crippen molar-refractivity contribution in [1.82, 2.24) is 25.2 Å². The number of fused-ring (bicyclic) bond motifs is 1. The fourth-order valence-corrected chi connectivity index (χ4v) is 4.79. The number of hydrogen-bond donors (Lipinski definition) is 0. The number of benzene rings is 2. The Hall–Kier alpha value is -3.82. The molecule has 0 saturated carbocycles. The molecule has 0 spiro atoms. The van der Waals surface area contributed by atoms with Crippen LogP contribution in [0.25, 0.3) is 11.3 Å². The highest BCUT2D eigenvalue weighted by atomic mass is 19.4. The van der Waals surface area contributed by atoms with Crippen LogP contribution in [0.5, 0.6) is 0 Å². The molecule has 2 fully saturated rings. The van der Waals surface area contributed by atoms with Crippen LogP contribution in [0, 0.1) is 17.5 Å². The van der Waals surface area contributed by atoms with Gasteiger partial charge in [0.1, 0.15) is 17.9 Å². The van der Waals surface area contributed by atoms with E-state index in [1.165, 1.54) is 10.9 Å². The number of nitrogens with zero attached hydrogens (tertiary/aromatic N) is 5. The highest BCUT2D eigenvalue weighted by Gasteiger charge is 2.47. The molecule has 2 aliphatic rings. The van der Waals surface area contributed by atoms with Crippen LogP contribution in [0.3, 0.4) is 0 Å². The minimum absolute atomic E-state index is 0.0269. The molecule has 6 rings (SSSR count). The van der Waals surface area contributed by atoms with E-state index in [2.05, 4.69) is 20.5 Å². The van der Waals surface area contributed by atoms with Crippen molar-refractivity contribution < 1.29 is 45.0 Å². The average molecular weight is 567 g/mol. The predicted molar refractivity (Wildman–Crippen MR) is 121 cm³/mol. The van der Waals surface area contributed by atoms with Crippen LogP contribution >= 0.6 is 0 Å². The first-order valence-corrected chi connectivity index (χ1v) is 12.1. The van der Waals surface area contributed by atoms with Crippen molar-refractivity contribution in [3.63, 3.8) is 0 Å². The number of ether oxygens (including phenoxy) is 3. The lowest BCUT2D eigenvalue weighted by Crippen LogP contribution is -2.45. The van der Waals surface area contributed by atoms with E-state index in [1.54, 1.807) is 0 Å². The molecule has 2 saturated heterocycles. The zero-order valence-corrected chi connectivity index (χ0v) is 20.3. The fourth-order valence-electron chi connectivity index (χ4n) is 4.79. The maximum Gasteiger partial charge on any atom is 0.470 e. The SMILES string of the molecule is Fc1cc(-c2cn([C@@H]3C[C@H](c4nnc(C(F)(F)F)o4)O[C@@H]4CCO[C@H](c5ccccc5)O[C@H]34)nn2)cc(F)c1F. The Balaban J connectivity index is 1.36. The fraction of sp³-hybridized carbons (Fsp3) is 0.360. The van der Waals surface area contributed by atoms with Crippen molar-refractivity contribution in [2.24, 2.45) is 0 Å². The Labute approximate surface area is 221 Å². The summed E-state index contributed by atoms with van der Waals surface area (Å²) in [4.78, 5) is 0. The first-order valence-electron chi connectivity index (χ1n) is 12.1. The van der Waals surface area contributed by atoms with Crippen molar-refractivity contribution in [3.8, 4) is 11.3 Å². The molecular weight excluding hydrogens is 548 g/mol. The summed E-state index contributed by atoms with van der Waals surface area (Å²) >= 11 is 0. The van der Waals surface area contributed by atoms with Crippen LogP contribution in [0.2, 0.25) is 0 Å². The molecular formula is C25H19F6N5O4. The Morgan fingerprint density at radius 2 is 1.68 bits per heavy atom. The molecule has 0 aliphatic carbocycles. The van der Waals surface area contributed by atoms with Gasteiger partial charge in [-0.05, 0) is 18.6 Å². The molecule has 2 aromatic heterocycles. The third-order valence-corrected chi connectivity index (χ3v) is 6.65. The van der Waals surface area contributed by atoms with Crippen molar-refractivity contribution in [2.45, 2.75) is 49.7 Å². The topological polar surface area (TPSA) is 97.3 Å². The summed E-state index contributed by atoms with van der Waals surface area (Å²) in [5, 5.41) is 14.7. The standard InChI is InChI=1S/C25H19F6N5O4/c26-14-8-13(9-15(27)20(14)28)16-11-36(35-32-16)17-10-19(22-33-34-24(40-22)25(29,30)31)38-18-6-7-37-23(39-21(17)18)12-4-2-1-3-5-12/h1-5,8-9,11,17-19,21,23H,6-7,10H2/t17-,18-,19-,21-,23+/m1/s1. The van der Waals surface area contributed by atoms with Crippen molar-refractivity contribution in [3.05, 3.63) is 83.5 Å². The average Bonchev–Trinajstić information content (AvgIpc) is 3.58. The number of halogens is 6. The molecule has 0 amide bonds.